The van der Waals surface area contributed by atoms with Crippen LogP contribution in [0.15, 0.2) is 115 Å². The highest BCUT2D eigenvalue weighted by atomic mass is 16.2. The predicted octanol–water partition coefficient (Wildman–Crippen LogP) is 6.77. The molecule has 1 aliphatic heterocycles. The Hall–Kier alpha value is -4.17. The van der Waals surface area contributed by atoms with Crippen LogP contribution in [-0.2, 0) is 4.79 Å². The molecule has 0 atom stereocenters. The Morgan fingerprint density at radius 3 is 1.58 bits per heavy atom. The molecule has 4 aromatic rings. The van der Waals surface area contributed by atoms with Crippen molar-refractivity contribution in [3.63, 3.8) is 0 Å². The summed E-state index contributed by atoms with van der Waals surface area (Å²) in [5, 5.41) is 0. The van der Waals surface area contributed by atoms with E-state index in [9.17, 15) is 4.79 Å². The molecule has 5 rings (SSSR count). The van der Waals surface area contributed by atoms with E-state index in [1.807, 2.05) is 114 Å². The van der Waals surface area contributed by atoms with Crippen LogP contribution >= 0.6 is 0 Å². The van der Waals surface area contributed by atoms with Crippen LogP contribution in [0.3, 0.4) is 0 Å². The molecule has 0 bridgehead atoms. The summed E-state index contributed by atoms with van der Waals surface area (Å²) in [5.74, 6) is -0.0537. The lowest BCUT2D eigenvalue weighted by atomic mass is 9.94. The van der Waals surface area contributed by atoms with Crippen LogP contribution in [0.5, 0.6) is 0 Å². The van der Waals surface area contributed by atoms with Gasteiger partial charge in [0, 0.05) is 11.3 Å². The van der Waals surface area contributed by atoms with Crippen LogP contribution in [0.4, 0.5) is 5.69 Å². The van der Waals surface area contributed by atoms with Crippen molar-refractivity contribution in [2.45, 2.75) is 0 Å². The van der Waals surface area contributed by atoms with Gasteiger partial charge in [-0.25, -0.2) is 0 Å². The van der Waals surface area contributed by atoms with Gasteiger partial charge in [-0.3, -0.25) is 9.69 Å². The van der Waals surface area contributed by atoms with Crippen LogP contribution in [0, 0.1) is 0 Å². The lowest BCUT2D eigenvalue weighted by Crippen LogP contribution is -2.30. The summed E-state index contributed by atoms with van der Waals surface area (Å²) in [6.07, 6.45) is 4.11. The summed E-state index contributed by atoms with van der Waals surface area (Å²) in [4.78, 5) is 15.9. The average Bonchev–Trinajstić information content (AvgIpc) is 2.83. The molecule has 0 saturated heterocycles. The summed E-state index contributed by atoms with van der Waals surface area (Å²) in [6, 6.07) is 38.0. The number of benzene rings is 4. The van der Waals surface area contributed by atoms with E-state index in [1.54, 1.807) is 0 Å². The van der Waals surface area contributed by atoms with E-state index < -0.39 is 0 Å². The molecule has 1 amide bonds. The first-order chi connectivity index (χ1) is 15.3. The van der Waals surface area contributed by atoms with Gasteiger partial charge in [-0.1, -0.05) is 103 Å². The summed E-state index contributed by atoms with van der Waals surface area (Å²) in [5.41, 5.74) is 6.34. The molecule has 31 heavy (non-hydrogen) atoms. The Balaban J connectivity index is 1.81. The number of amides is 1. The van der Waals surface area contributed by atoms with Gasteiger partial charge in [0.25, 0.3) is 5.91 Å². The second-order valence-corrected chi connectivity index (χ2v) is 7.42. The molecule has 4 aromatic carbocycles. The molecule has 148 valence electrons. The van der Waals surface area contributed by atoms with Gasteiger partial charge in [-0.05, 0) is 46.5 Å². The summed E-state index contributed by atoms with van der Waals surface area (Å²) >= 11 is 0. The first-order valence-electron chi connectivity index (χ1n) is 10.3. The minimum absolute atomic E-state index is 0.0537. The Kier molecular flexibility index (Phi) is 5.04. The maximum atomic E-state index is 14.1. The highest BCUT2D eigenvalue weighted by Gasteiger charge is 2.27. The van der Waals surface area contributed by atoms with Gasteiger partial charge in [0.05, 0.1) is 5.70 Å². The molecule has 0 aliphatic carbocycles. The molecule has 0 radical (unpaired) electrons. The van der Waals surface area contributed by atoms with E-state index in [0.717, 1.165) is 33.6 Å². The van der Waals surface area contributed by atoms with Crippen LogP contribution in [0.2, 0.25) is 0 Å². The molecular weight excluding hydrogens is 378 g/mol. The molecule has 1 aliphatic rings. The number of rotatable bonds is 3. The third-order valence-corrected chi connectivity index (χ3v) is 5.43. The number of fused-ring (bicyclic) bond motifs is 1. The van der Waals surface area contributed by atoms with Gasteiger partial charge >= 0.3 is 0 Å². The lowest BCUT2D eigenvalue weighted by Gasteiger charge is -2.29. The molecular formula is C29H21NO. The van der Waals surface area contributed by atoms with E-state index >= 15 is 0 Å². The van der Waals surface area contributed by atoms with Crippen molar-refractivity contribution >= 4 is 35.0 Å². The maximum Gasteiger partial charge on any atom is 0.263 e. The van der Waals surface area contributed by atoms with E-state index in [-0.39, 0.29) is 5.91 Å². The molecule has 0 fully saturated rings. The quantitative estimate of drug-likeness (QED) is 0.372. The first-order valence-corrected chi connectivity index (χ1v) is 10.3. The monoisotopic (exact) mass is 399 g/mol. The number of carbonyl (C=O) groups is 1. The molecule has 0 spiro atoms. The number of carbonyl (C=O) groups excluding carboxylic acids is 1. The van der Waals surface area contributed by atoms with Crippen molar-refractivity contribution < 1.29 is 4.79 Å². The van der Waals surface area contributed by atoms with Crippen molar-refractivity contribution in [2.75, 3.05) is 4.90 Å². The largest absolute Gasteiger partial charge is 0.276 e. The molecule has 0 N–H and O–H groups in total. The van der Waals surface area contributed by atoms with E-state index in [2.05, 4.69) is 18.2 Å². The summed E-state index contributed by atoms with van der Waals surface area (Å²) in [6.45, 7) is 0. The normalized spacial score (nSPS) is 16.9. The fraction of sp³-hybridized carbons (Fsp3) is 0. The van der Waals surface area contributed by atoms with Gasteiger partial charge in [-0.2, -0.15) is 0 Å². The lowest BCUT2D eigenvalue weighted by molar-refractivity contribution is -0.112. The van der Waals surface area contributed by atoms with Crippen molar-refractivity contribution in [3.05, 3.63) is 138 Å². The van der Waals surface area contributed by atoms with E-state index in [0.29, 0.717) is 5.57 Å². The zero-order valence-corrected chi connectivity index (χ0v) is 17.0. The van der Waals surface area contributed by atoms with Gasteiger partial charge in [-0.15, -0.1) is 0 Å². The number of nitrogens with zero attached hydrogens (tertiary/aromatic N) is 1. The van der Waals surface area contributed by atoms with Crippen molar-refractivity contribution in [3.8, 4) is 0 Å². The molecule has 2 heteroatoms. The van der Waals surface area contributed by atoms with Gasteiger partial charge in [0.2, 0.25) is 0 Å². The topological polar surface area (TPSA) is 20.3 Å². The van der Waals surface area contributed by atoms with Crippen LogP contribution < -0.4 is 4.90 Å². The molecule has 0 aromatic heterocycles. The van der Waals surface area contributed by atoms with Crippen LogP contribution in [0.1, 0.15) is 22.3 Å². The van der Waals surface area contributed by atoms with Crippen molar-refractivity contribution in [1.29, 1.82) is 0 Å². The Bertz CT molecular complexity index is 1270. The second kappa shape index (κ2) is 8.29. The minimum atomic E-state index is -0.0537. The zero-order valence-electron chi connectivity index (χ0n) is 17.0. The third-order valence-electron chi connectivity index (χ3n) is 5.43. The van der Waals surface area contributed by atoms with Gasteiger partial charge < -0.3 is 0 Å². The highest BCUT2D eigenvalue weighted by Crippen LogP contribution is 2.35. The van der Waals surface area contributed by atoms with Crippen molar-refractivity contribution in [1.82, 2.24) is 0 Å². The summed E-state index contributed by atoms with van der Waals surface area (Å²) in [7, 11) is 0. The third kappa shape index (κ3) is 3.72. The maximum absolute atomic E-state index is 14.1. The van der Waals surface area contributed by atoms with Gasteiger partial charge in [0.15, 0.2) is 0 Å². The fourth-order valence-electron chi connectivity index (χ4n) is 3.91. The summed E-state index contributed by atoms with van der Waals surface area (Å²) < 4.78 is 0. The molecule has 1 heterocycles. The Morgan fingerprint density at radius 1 is 0.484 bits per heavy atom. The number of hydrogen-bond donors (Lipinski definition) is 0. The number of para-hydroxylation sites is 1. The van der Waals surface area contributed by atoms with E-state index in [4.69, 9.17) is 0 Å². The number of anilines is 1. The molecule has 0 unspecified atom stereocenters. The Labute approximate surface area is 182 Å². The average molecular weight is 399 g/mol. The van der Waals surface area contributed by atoms with Gasteiger partial charge in [0.1, 0.15) is 0 Å². The predicted molar refractivity (Wildman–Crippen MR) is 129 cm³/mol. The zero-order chi connectivity index (χ0) is 21.0. The number of hydrogen-bond acceptors (Lipinski definition) is 1. The van der Waals surface area contributed by atoms with E-state index in [1.165, 1.54) is 0 Å². The molecule has 2 nitrogen and oxygen atoms in total. The highest BCUT2D eigenvalue weighted by molar-refractivity contribution is 6.34. The second-order valence-electron chi connectivity index (χ2n) is 7.42. The van der Waals surface area contributed by atoms with Crippen molar-refractivity contribution in [2.24, 2.45) is 0 Å². The SMILES string of the molecule is O=C1/C(c2ccccc2)=C\c2ccccc2/C=C(/c2ccccc2)N1c1ccccc1. The smallest absolute Gasteiger partial charge is 0.263 e. The Morgan fingerprint density at radius 2 is 0.968 bits per heavy atom. The minimum Gasteiger partial charge on any atom is -0.276 e. The first kappa shape index (κ1) is 18.8. The van der Waals surface area contributed by atoms with Crippen LogP contribution in [-0.4, -0.2) is 5.91 Å². The fourth-order valence-corrected chi connectivity index (χ4v) is 3.91. The molecule has 0 saturated carbocycles. The van der Waals surface area contributed by atoms with Crippen LogP contribution in [0.25, 0.3) is 23.4 Å². The standard InChI is InChI=1S/C29H21NO/c31-29-27(22-12-4-1-5-13-22)20-24-16-10-11-17-25(24)21-28(23-14-6-2-7-15-23)30(29)26-18-8-3-9-19-26/h1-21H/b27-20-,28-21-.